The largest absolute Gasteiger partial charge is 0.378 e. The molecule has 2 unspecified atom stereocenters. The highest BCUT2D eigenvalue weighted by Gasteiger charge is 2.26. The Morgan fingerprint density at radius 2 is 2.31 bits per heavy atom. The van der Waals surface area contributed by atoms with Gasteiger partial charge in [-0.1, -0.05) is 6.92 Å². The van der Waals surface area contributed by atoms with Crippen LogP contribution >= 0.6 is 0 Å². The van der Waals surface area contributed by atoms with Gasteiger partial charge < -0.3 is 10.1 Å². The lowest BCUT2D eigenvalue weighted by Gasteiger charge is -2.16. The molecular formula is C11H24N4O. The summed E-state index contributed by atoms with van der Waals surface area (Å²) in [7, 11) is 0. The Hall–Kier alpha value is -0.810. The van der Waals surface area contributed by atoms with E-state index in [1.54, 1.807) is 0 Å². The van der Waals surface area contributed by atoms with Crippen molar-refractivity contribution in [3.8, 4) is 0 Å². The third-order valence-corrected chi connectivity index (χ3v) is 2.79. The maximum atomic E-state index is 5.62. The topological polar surface area (TPSA) is 71.7 Å². The van der Waals surface area contributed by atoms with Crippen molar-refractivity contribution in [1.82, 2.24) is 10.7 Å². The molecule has 0 spiro atoms. The van der Waals surface area contributed by atoms with Crippen molar-refractivity contribution in [2.75, 3.05) is 13.2 Å². The first-order valence-electron chi connectivity index (χ1n) is 6.06. The van der Waals surface area contributed by atoms with Crippen molar-refractivity contribution in [2.24, 2.45) is 16.8 Å². The summed E-state index contributed by atoms with van der Waals surface area (Å²) in [4.78, 5) is 4.45. The molecule has 0 saturated carbocycles. The van der Waals surface area contributed by atoms with Gasteiger partial charge in [-0.05, 0) is 26.7 Å². The lowest BCUT2D eigenvalue weighted by atomic mass is 10.0. The average Bonchev–Trinajstić information content (AvgIpc) is 2.70. The van der Waals surface area contributed by atoms with Crippen molar-refractivity contribution >= 4 is 5.96 Å². The summed E-state index contributed by atoms with van der Waals surface area (Å²) in [5, 5.41) is 3.16. The number of aliphatic imine (C=N–C) groups is 1. The van der Waals surface area contributed by atoms with Crippen LogP contribution in [0.5, 0.6) is 0 Å². The molecule has 0 aromatic rings. The van der Waals surface area contributed by atoms with Gasteiger partial charge in [-0.25, -0.2) is 5.84 Å². The monoisotopic (exact) mass is 228 g/mol. The SMILES string of the molecule is CCC1OCCC1CN=C(NN)NC(C)C. The number of guanidine groups is 1. The first-order chi connectivity index (χ1) is 7.67. The summed E-state index contributed by atoms with van der Waals surface area (Å²) in [5.74, 6) is 6.59. The van der Waals surface area contributed by atoms with Gasteiger partial charge in [0.15, 0.2) is 0 Å². The Morgan fingerprint density at radius 3 is 2.88 bits per heavy atom. The van der Waals surface area contributed by atoms with Crippen molar-refractivity contribution in [3.63, 3.8) is 0 Å². The number of rotatable bonds is 4. The highest BCUT2D eigenvalue weighted by Crippen LogP contribution is 2.23. The van der Waals surface area contributed by atoms with Gasteiger partial charge in [0.2, 0.25) is 5.96 Å². The Morgan fingerprint density at radius 1 is 1.56 bits per heavy atom. The standard InChI is InChI=1S/C11H24N4O/c1-4-10-9(5-6-16-10)7-13-11(15-12)14-8(2)3/h8-10H,4-7,12H2,1-3H3,(H2,13,14,15). The quantitative estimate of drug-likeness (QED) is 0.285. The van der Waals surface area contributed by atoms with E-state index in [9.17, 15) is 0 Å². The van der Waals surface area contributed by atoms with Crippen molar-refractivity contribution < 1.29 is 4.74 Å². The number of hydrazine groups is 1. The second-order valence-corrected chi connectivity index (χ2v) is 4.50. The molecule has 4 N–H and O–H groups in total. The Bertz CT molecular complexity index is 230. The van der Waals surface area contributed by atoms with Gasteiger partial charge in [-0.3, -0.25) is 10.4 Å². The van der Waals surface area contributed by atoms with Gasteiger partial charge in [0, 0.05) is 25.1 Å². The van der Waals surface area contributed by atoms with Crippen molar-refractivity contribution in [2.45, 2.75) is 45.8 Å². The van der Waals surface area contributed by atoms with E-state index in [1.807, 2.05) is 0 Å². The van der Waals surface area contributed by atoms with E-state index in [4.69, 9.17) is 10.6 Å². The van der Waals surface area contributed by atoms with E-state index >= 15 is 0 Å². The molecule has 0 aromatic heterocycles. The number of hydrogen-bond acceptors (Lipinski definition) is 3. The summed E-state index contributed by atoms with van der Waals surface area (Å²) in [6.07, 6.45) is 2.52. The smallest absolute Gasteiger partial charge is 0.205 e. The molecule has 1 rings (SSSR count). The zero-order valence-corrected chi connectivity index (χ0v) is 10.5. The predicted molar refractivity (Wildman–Crippen MR) is 66.0 cm³/mol. The molecule has 0 aromatic carbocycles. The van der Waals surface area contributed by atoms with Crippen LogP contribution in [0.2, 0.25) is 0 Å². The summed E-state index contributed by atoms with van der Waals surface area (Å²) in [5.41, 5.74) is 2.59. The summed E-state index contributed by atoms with van der Waals surface area (Å²) < 4.78 is 5.62. The van der Waals surface area contributed by atoms with Gasteiger partial charge in [0.1, 0.15) is 0 Å². The fourth-order valence-corrected chi connectivity index (χ4v) is 1.97. The minimum absolute atomic E-state index is 0.330. The third-order valence-electron chi connectivity index (χ3n) is 2.79. The molecule has 1 aliphatic rings. The molecule has 5 nitrogen and oxygen atoms in total. The van der Waals surface area contributed by atoms with Crippen LogP contribution in [-0.4, -0.2) is 31.3 Å². The van der Waals surface area contributed by atoms with Crippen molar-refractivity contribution in [1.29, 1.82) is 0 Å². The number of hydrogen-bond donors (Lipinski definition) is 3. The molecule has 1 fully saturated rings. The van der Waals surface area contributed by atoms with Crippen LogP contribution in [0, 0.1) is 5.92 Å². The number of nitrogens with two attached hydrogens (primary N) is 1. The van der Waals surface area contributed by atoms with Gasteiger partial charge >= 0.3 is 0 Å². The molecule has 1 heterocycles. The van der Waals surface area contributed by atoms with Crippen LogP contribution in [0.3, 0.4) is 0 Å². The lowest BCUT2D eigenvalue weighted by Crippen LogP contribution is -2.45. The maximum Gasteiger partial charge on any atom is 0.205 e. The van der Waals surface area contributed by atoms with Crippen LogP contribution in [0.25, 0.3) is 0 Å². The minimum atomic E-state index is 0.330. The van der Waals surface area contributed by atoms with E-state index < -0.39 is 0 Å². The summed E-state index contributed by atoms with van der Waals surface area (Å²) >= 11 is 0. The fraction of sp³-hybridized carbons (Fsp3) is 0.909. The number of ether oxygens (including phenoxy) is 1. The minimum Gasteiger partial charge on any atom is -0.378 e. The van der Waals surface area contributed by atoms with Crippen LogP contribution in [-0.2, 0) is 4.74 Å². The van der Waals surface area contributed by atoms with E-state index in [0.29, 0.717) is 24.0 Å². The molecule has 2 atom stereocenters. The molecule has 0 amide bonds. The first kappa shape index (κ1) is 13.3. The molecule has 1 aliphatic heterocycles. The van der Waals surface area contributed by atoms with E-state index in [-0.39, 0.29) is 0 Å². The molecule has 0 radical (unpaired) electrons. The Kier molecular flexibility index (Phi) is 5.55. The van der Waals surface area contributed by atoms with E-state index in [2.05, 4.69) is 36.5 Å². The lowest BCUT2D eigenvalue weighted by molar-refractivity contribution is 0.0892. The predicted octanol–water partition coefficient (Wildman–Crippen LogP) is 0.619. The van der Waals surface area contributed by atoms with Crippen LogP contribution in [0.15, 0.2) is 4.99 Å². The van der Waals surface area contributed by atoms with E-state index in [0.717, 1.165) is 26.0 Å². The first-order valence-corrected chi connectivity index (χ1v) is 6.06. The third kappa shape index (κ3) is 3.98. The highest BCUT2D eigenvalue weighted by atomic mass is 16.5. The van der Waals surface area contributed by atoms with E-state index in [1.165, 1.54) is 0 Å². The van der Waals surface area contributed by atoms with Crippen molar-refractivity contribution in [3.05, 3.63) is 0 Å². The highest BCUT2D eigenvalue weighted by molar-refractivity contribution is 5.79. The van der Waals surface area contributed by atoms with Gasteiger partial charge in [0.05, 0.1) is 6.10 Å². The molecule has 94 valence electrons. The molecule has 0 aliphatic carbocycles. The fourth-order valence-electron chi connectivity index (χ4n) is 1.97. The zero-order valence-electron chi connectivity index (χ0n) is 10.5. The number of nitrogens with zero attached hydrogens (tertiary/aromatic N) is 1. The zero-order chi connectivity index (χ0) is 12.0. The molecule has 0 bridgehead atoms. The van der Waals surface area contributed by atoms with Crippen LogP contribution < -0.4 is 16.6 Å². The van der Waals surface area contributed by atoms with Gasteiger partial charge in [0.25, 0.3) is 0 Å². The molecular weight excluding hydrogens is 204 g/mol. The van der Waals surface area contributed by atoms with Gasteiger partial charge in [-0.15, -0.1) is 0 Å². The number of nitrogens with one attached hydrogen (secondary N) is 2. The second-order valence-electron chi connectivity index (χ2n) is 4.50. The van der Waals surface area contributed by atoms with Crippen LogP contribution in [0.4, 0.5) is 0 Å². The normalized spacial score (nSPS) is 26.2. The van der Waals surface area contributed by atoms with Gasteiger partial charge in [-0.2, -0.15) is 0 Å². The Balaban J connectivity index is 2.43. The maximum absolute atomic E-state index is 5.62. The summed E-state index contributed by atoms with van der Waals surface area (Å²) in [6, 6.07) is 0.330. The molecule has 16 heavy (non-hydrogen) atoms. The summed E-state index contributed by atoms with van der Waals surface area (Å²) in [6.45, 7) is 7.90. The average molecular weight is 228 g/mol. The molecule has 1 saturated heterocycles. The molecule has 5 heteroatoms. The second kappa shape index (κ2) is 6.70. The Labute approximate surface area is 97.8 Å². The van der Waals surface area contributed by atoms with Crippen LogP contribution in [0.1, 0.15) is 33.6 Å².